The van der Waals surface area contributed by atoms with Crippen LogP contribution in [0.3, 0.4) is 0 Å². The monoisotopic (exact) mass is 529 g/mol. The van der Waals surface area contributed by atoms with E-state index < -0.39 is 17.8 Å². The largest absolute Gasteiger partial charge is 0.497 e. The van der Waals surface area contributed by atoms with Gasteiger partial charge in [-0.3, -0.25) is 9.69 Å². The number of methoxy groups -OCH3 is 1. The number of hydrogen-bond donors (Lipinski definition) is 0. The van der Waals surface area contributed by atoms with Crippen LogP contribution in [-0.4, -0.2) is 63.6 Å². The Hall–Kier alpha value is -3.63. The molecular weight excluding hydrogens is 507 g/mol. The van der Waals surface area contributed by atoms with Gasteiger partial charge in [0.2, 0.25) is 0 Å². The summed E-state index contributed by atoms with van der Waals surface area (Å²) in [5.74, 6) is 0.162. The van der Waals surface area contributed by atoms with E-state index in [-0.39, 0.29) is 16.9 Å². The average Bonchev–Trinajstić information content (AvgIpc) is 3.33. The topological polar surface area (TPSA) is 63.0 Å². The summed E-state index contributed by atoms with van der Waals surface area (Å²) >= 11 is 6.27. The number of hydrogen-bond acceptors (Lipinski definition) is 5. The van der Waals surface area contributed by atoms with Gasteiger partial charge in [-0.05, 0) is 42.0 Å². The number of rotatable bonds is 5. The molecule has 2 aromatic heterocycles. The first-order chi connectivity index (χ1) is 17.7. The SMILES string of the molecule is COc1ccc(-c2cc(C(F)(F)F)n3ncc(C(=O)N4CCN(Cc5ccccc5Cl)CC4)c3n2)cc1. The first-order valence-electron chi connectivity index (χ1n) is 11.6. The highest BCUT2D eigenvalue weighted by atomic mass is 35.5. The maximum absolute atomic E-state index is 13.9. The molecule has 37 heavy (non-hydrogen) atoms. The van der Waals surface area contributed by atoms with Gasteiger partial charge in [0.25, 0.3) is 5.91 Å². The Morgan fingerprint density at radius 3 is 2.41 bits per heavy atom. The van der Waals surface area contributed by atoms with E-state index in [1.807, 2.05) is 24.3 Å². The lowest BCUT2D eigenvalue weighted by molar-refractivity contribution is -0.142. The molecule has 0 aliphatic carbocycles. The third-order valence-corrected chi connectivity index (χ3v) is 6.76. The fraction of sp³-hybridized carbons (Fsp3) is 0.269. The molecule has 0 radical (unpaired) electrons. The summed E-state index contributed by atoms with van der Waals surface area (Å²) in [5, 5.41) is 4.57. The molecule has 3 heterocycles. The smallest absolute Gasteiger partial charge is 0.433 e. The predicted molar refractivity (Wildman–Crippen MR) is 133 cm³/mol. The molecular formula is C26H23ClF3N5O2. The summed E-state index contributed by atoms with van der Waals surface area (Å²) in [7, 11) is 1.50. The summed E-state index contributed by atoms with van der Waals surface area (Å²) < 4.78 is 47.6. The average molecular weight is 530 g/mol. The molecule has 1 aliphatic heterocycles. The summed E-state index contributed by atoms with van der Waals surface area (Å²) in [6, 6.07) is 15.0. The molecule has 192 valence electrons. The molecule has 0 N–H and O–H groups in total. The third-order valence-electron chi connectivity index (χ3n) is 6.39. The highest BCUT2D eigenvalue weighted by Gasteiger charge is 2.36. The van der Waals surface area contributed by atoms with Crippen LogP contribution in [0.25, 0.3) is 16.9 Å². The number of piperazine rings is 1. The number of aromatic nitrogens is 3. The Morgan fingerprint density at radius 2 is 1.76 bits per heavy atom. The Balaban J connectivity index is 1.41. The second-order valence-corrected chi connectivity index (χ2v) is 9.11. The molecule has 11 heteroatoms. The van der Waals surface area contributed by atoms with Crippen molar-refractivity contribution < 1.29 is 22.7 Å². The van der Waals surface area contributed by atoms with E-state index in [2.05, 4.69) is 15.0 Å². The zero-order valence-corrected chi connectivity index (χ0v) is 20.6. The van der Waals surface area contributed by atoms with Crippen molar-refractivity contribution >= 4 is 23.2 Å². The van der Waals surface area contributed by atoms with Crippen molar-refractivity contribution in [1.82, 2.24) is 24.4 Å². The van der Waals surface area contributed by atoms with Crippen LogP contribution in [0, 0.1) is 0 Å². The van der Waals surface area contributed by atoms with Crippen molar-refractivity contribution in [1.29, 1.82) is 0 Å². The minimum Gasteiger partial charge on any atom is -0.497 e. The van der Waals surface area contributed by atoms with Gasteiger partial charge in [-0.1, -0.05) is 29.8 Å². The Labute approximate surface area is 216 Å². The molecule has 0 bridgehead atoms. The van der Waals surface area contributed by atoms with Crippen molar-refractivity contribution in [2.24, 2.45) is 0 Å². The summed E-state index contributed by atoms with van der Waals surface area (Å²) in [5.41, 5.74) is 0.432. The van der Waals surface area contributed by atoms with Gasteiger partial charge < -0.3 is 9.64 Å². The zero-order chi connectivity index (χ0) is 26.2. The van der Waals surface area contributed by atoms with Crippen LogP contribution in [-0.2, 0) is 12.7 Å². The maximum atomic E-state index is 13.9. The predicted octanol–water partition coefficient (Wildman–Crippen LogP) is 5.04. The normalized spacial score (nSPS) is 14.8. The van der Waals surface area contributed by atoms with Crippen LogP contribution in [0.2, 0.25) is 5.02 Å². The number of carbonyl (C=O) groups is 1. The lowest BCUT2D eigenvalue weighted by Crippen LogP contribution is -2.48. The van der Waals surface area contributed by atoms with Gasteiger partial charge in [-0.2, -0.15) is 18.3 Å². The number of alkyl halides is 3. The Morgan fingerprint density at radius 1 is 1.05 bits per heavy atom. The molecule has 1 amide bonds. The molecule has 4 aromatic rings. The zero-order valence-electron chi connectivity index (χ0n) is 19.9. The summed E-state index contributed by atoms with van der Waals surface area (Å²) in [6.07, 6.45) is -3.53. The van der Waals surface area contributed by atoms with Gasteiger partial charge in [0.05, 0.1) is 19.0 Å². The number of amides is 1. The quantitative estimate of drug-likeness (QED) is 0.363. The Bertz CT molecular complexity index is 1430. The standard InChI is InChI=1S/C26H23ClF3N5O2/c1-37-19-8-6-17(7-9-19)22-14-23(26(28,29)30)35-24(32-22)20(15-31-35)25(36)34-12-10-33(11-13-34)16-18-4-2-3-5-21(18)27/h2-9,14-15H,10-13,16H2,1H3. The lowest BCUT2D eigenvalue weighted by Gasteiger charge is -2.34. The van der Waals surface area contributed by atoms with E-state index in [9.17, 15) is 18.0 Å². The van der Waals surface area contributed by atoms with Crippen molar-refractivity contribution in [2.75, 3.05) is 33.3 Å². The molecule has 0 spiro atoms. The van der Waals surface area contributed by atoms with Gasteiger partial charge in [-0.25, -0.2) is 9.50 Å². The third kappa shape index (κ3) is 5.12. The van der Waals surface area contributed by atoms with Crippen LogP contribution < -0.4 is 4.74 Å². The number of halogens is 4. The molecule has 2 aromatic carbocycles. The first-order valence-corrected chi connectivity index (χ1v) is 12.0. The number of benzene rings is 2. The maximum Gasteiger partial charge on any atom is 0.433 e. The molecule has 0 saturated carbocycles. The molecule has 0 atom stereocenters. The minimum absolute atomic E-state index is 0.0282. The van der Waals surface area contributed by atoms with Crippen molar-refractivity contribution in [3.63, 3.8) is 0 Å². The first kappa shape index (κ1) is 25.0. The van der Waals surface area contributed by atoms with E-state index in [4.69, 9.17) is 16.3 Å². The lowest BCUT2D eigenvalue weighted by atomic mass is 10.1. The van der Waals surface area contributed by atoms with Crippen LogP contribution >= 0.6 is 11.6 Å². The minimum atomic E-state index is -4.70. The molecule has 1 saturated heterocycles. The van der Waals surface area contributed by atoms with Crippen LogP contribution in [0.15, 0.2) is 60.8 Å². The van der Waals surface area contributed by atoms with E-state index in [0.717, 1.165) is 17.8 Å². The van der Waals surface area contributed by atoms with Crippen LogP contribution in [0.1, 0.15) is 21.6 Å². The second kappa shape index (κ2) is 10.0. The van der Waals surface area contributed by atoms with Crippen molar-refractivity contribution in [3.8, 4) is 17.0 Å². The van der Waals surface area contributed by atoms with E-state index in [1.54, 1.807) is 29.2 Å². The van der Waals surface area contributed by atoms with Crippen LogP contribution in [0.4, 0.5) is 13.2 Å². The summed E-state index contributed by atoms with van der Waals surface area (Å²) in [4.78, 5) is 21.6. The molecule has 5 rings (SSSR count). The van der Waals surface area contributed by atoms with E-state index in [0.29, 0.717) is 53.6 Å². The molecule has 7 nitrogen and oxygen atoms in total. The number of carbonyl (C=O) groups excluding carboxylic acids is 1. The fourth-order valence-corrected chi connectivity index (χ4v) is 4.57. The van der Waals surface area contributed by atoms with Crippen LogP contribution in [0.5, 0.6) is 5.75 Å². The molecule has 1 aliphatic rings. The van der Waals surface area contributed by atoms with Gasteiger partial charge in [0, 0.05) is 43.3 Å². The summed E-state index contributed by atoms with van der Waals surface area (Å²) in [6.45, 7) is 2.71. The van der Waals surface area contributed by atoms with E-state index in [1.165, 1.54) is 7.11 Å². The van der Waals surface area contributed by atoms with Crippen molar-refractivity contribution in [3.05, 3.63) is 82.6 Å². The van der Waals surface area contributed by atoms with Gasteiger partial charge >= 0.3 is 6.18 Å². The van der Waals surface area contributed by atoms with Crippen molar-refractivity contribution in [2.45, 2.75) is 12.7 Å². The highest BCUT2D eigenvalue weighted by Crippen LogP contribution is 2.33. The highest BCUT2D eigenvalue weighted by molar-refractivity contribution is 6.31. The fourth-order valence-electron chi connectivity index (χ4n) is 4.37. The van der Waals surface area contributed by atoms with Gasteiger partial charge in [-0.15, -0.1) is 0 Å². The number of ether oxygens (including phenoxy) is 1. The van der Waals surface area contributed by atoms with E-state index >= 15 is 0 Å². The van der Waals surface area contributed by atoms with Gasteiger partial charge in [0.15, 0.2) is 11.3 Å². The molecule has 1 fully saturated rings. The second-order valence-electron chi connectivity index (χ2n) is 8.71. The number of nitrogens with zero attached hydrogens (tertiary/aromatic N) is 5. The number of fused-ring (bicyclic) bond motifs is 1. The molecule has 0 unspecified atom stereocenters. The Kier molecular flexibility index (Phi) is 6.78. The van der Waals surface area contributed by atoms with Gasteiger partial charge in [0.1, 0.15) is 11.3 Å².